The van der Waals surface area contributed by atoms with Crippen LogP contribution in [-0.4, -0.2) is 15.0 Å². The quantitative estimate of drug-likeness (QED) is 0.792. The summed E-state index contributed by atoms with van der Waals surface area (Å²) in [6.45, 7) is 2.82. The van der Waals surface area contributed by atoms with Crippen molar-refractivity contribution in [2.75, 3.05) is 0 Å². The first kappa shape index (κ1) is 11.3. The highest BCUT2D eigenvalue weighted by Gasteiger charge is 2.07. The molecule has 0 fully saturated rings. The van der Waals surface area contributed by atoms with E-state index in [9.17, 15) is 0 Å². The first-order chi connectivity index (χ1) is 7.15. The maximum Gasteiger partial charge on any atom is 0.0960 e. The van der Waals surface area contributed by atoms with Crippen molar-refractivity contribution >= 4 is 43.2 Å². The third kappa shape index (κ3) is 2.89. The van der Waals surface area contributed by atoms with Crippen molar-refractivity contribution in [3.05, 3.63) is 32.7 Å². The molecular formula is C9H9Br2N3S. The normalized spacial score (nSPS) is 13.0. The molecule has 0 N–H and O–H groups in total. The van der Waals surface area contributed by atoms with E-state index in [-0.39, 0.29) is 4.83 Å². The van der Waals surface area contributed by atoms with Gasteiger partial charge in [-0.15, -0.1) is 16.4 Å². The highest BCUT2D eigenvalue weighted by molar-refractivity contribution is 9.11. The number of alkyl halides is 1. The molecule has 15 heavy (non-hydrogen) atoms. The van der Waals surface area contributed by atoms with E-state index in [2.05, 4.69) is 48.2 Å². The fourth-order valence-corrected chi connectivity index (χ4v) is 2.85. The predicted octanol–water partition coefficient (Wildman–Crippen LogP) is 3.61. The van der Waals surface area contributed by atoms with Gasteiger partial charge < -0.3 is 0 Å². The van der Waals surface area contributed by atoms with Crippen LogP contribution in [0.4, 0.5) is 0 Å². The standard InChI is InChI=1S/C9H9Br2N3S/c1-6(10)8-5-14(13-12-8)4-7-2-3-9(11)15-7/h2-3,5-6H,4H2,1H3. The largest absolute Gasteiger partial charge is 0.247 e. The zero-order valence-electron chi connectivity index (χ0n) is 8.02. The monoisotopic (exact) mass is 349 g/mol. The molecule has 0 bridgehead atoms. The number of hydrogen-bond acceptors (Lipinski definition) is 3. The highest BCUT2D eigenvalue weighted by Crippen LogP contribution is 2.23. The molecule has 0 spiro atoms. The van der Waals surface area contributed by atoms with E-state index >= 15 is 0 Å². The summed E-state index contributed by atoms with van der Waals surface area (Å²) < 4.78 is 3.00. The molecule has 2 heterocycles. The molecule has 6 heteroatoms. The van der Waals surface area contributed by atoms with Crippen molar-refractivity contribution in [1.82, 2.24) is 15.0 Å². The number of thiophene rings is 1. The lowest BCUT2D eigenvalue weighted by Gasteiger charge is -1.96. The van der Waals surface area contributed by atoms with Gasteiger partial charge in [0, 0.05) is 11.1 Å². The number of nitrogens with zero attached hydrogens (tertiary/aromatic N) is 3. The molecule has 2 aromatic heterocycles. The summed E-state index contributed by atoms with van der Waals surface area (Å²) in [5.74, 6) is 0. The Morgan fingerprint density at radius 1 is 1.53 bits per heavy atom. The maximum atomic E-state index is 4.08. The molecule has 80 valence electrons. The number of halogens is 2. The molecular weight excluding hydrogens is 342 g/mol. The molecule has 2 aromatic rings. The van der Waals surface area contributed by atoms with Crippen LogP contribution in [0, 0.1) is 0 Å². The molecule has 0 aliphatic carbocycles. The van der Waals surface area contributed by atoms with Crippen molar-refractivity contribution in [1.29, 1.82) is 0 Å². The van der Waals surface area contributed by atoms with Crippen LogP contribution in [-0.2, 0) is 6.54 Å². The lowest BCUT2D eigenvalue weighted by molar-refractivity contribution is 0.655. The van der Waals surface area contributed by atoms with Crippen LogP contribution >= 0.6 is 43.2 Å². The van der Waals surface area contributed by atoms with Gasteiger partial charge in [-0.2, -0.15) is 0 Å². The number of hydrogen-bond donors (Lipinski definition) is 0. The fourth-order valence-electron chi connectivity index (χ4n) is 1.17. The average Bonchev–Trinajstić information content (AvgIpc) is 2.76. The zero-order chi connectivity index (χ0) is 10.8. The van der Waals surface area contributed by atoms with Gasteiger partial charge in [0.05, 0.1) is 20.9 Å². The molecule has 0 aliphatic heterocycles. The van der Waals surface area contributed by atoms with Crippen molar-refractivity contribution in [2.24, 2.45) is 0 Å². The SMILES string of the molecule is CC(Br)c1cn(Cc2ccc(Br)s2)nn1. The van der Waals surface area contributed by atoms with Gasteiger partial charge in [-0.3, -0.25) is 0 Å². The Balaban J connectivity index is 2.11. The molecule has 1 atom stereocenters. The maximum absolute atomic E-state index is 4.08. The third-order valence-electron chi connectivity index (χ3n) is 1.91. The summed E-state index contributed by atoms with van der Waals surface area (Å²) in [6.07, 6.45) is 1.97. The van der Waals surface area contributed by atoms with Gasteiger partial charge in [-0.1, -0.05) is 21.1 Å². The summed E-state index contributed by atoms with van der Waals surface area (Å²) in [5, 5.41) is 8.15. The summed E-state index contributed by atoms with van der Waals surface area (Å²) in [6, 6.07) is 4.14. The first-order valence-electron chi connectivity index (χ1n) is 4.43. The molecule has 0 saturated carbocycles. The van der Waals surface area contributed by atoms with E-state index in [1.165, 1.54) is 4.88 Å². The van der Waals surface area contributed by atoms with Gasteiger partial charge in [0.1, 0.15) is 0 Å². The van der Waals surface area contributed by atoms with Gasteiger partial charge in [0.25, 0.3) is 0 Å². The van der Waals surface area contributed by atoms with Crippen molar-refractivity contribution < 1.29 is 0 Å². The second-order valence-electron chi connectivity index (χ2n) is 3.16. The van der Waals surface area contributed by atoms with Gasteiger partial charge in [-0.25, -0.2) is 4.68 Å². The minimum Gasteiger partial charge on any atom is -0.247 e. The summed E-state index contributed by atoms with van der Waals surface area (Å²) in [5.41, 5.74) is 0.964. The first-order valence-corrected chi connectivity index (χ1v) is 6.96. The molecule has 0 radical (unpaired) electrons. The Bertz CT molecular complexity index is 450. The Labute approximate surface area is 109 Å². The highest BCUT2D eigenvalue weighted by atomic mass is 79.9. The Morgan fingerprint density at radius 3 is 2.87 bits per heavy atom. The second kappa shape index (κ2) is 4.76. The molecule has 2 rings (SSSR count). The number of rotatable bonds is 3. The van der Waals surface area contributed by atoms with Crippen LogP contribution in [0.15, 0.2) is 22.1 Å². The average molecular weight is 351 g/mol. The Hall–Kier alpha value is -0.200. The van der Waals surface area contributed by atoms with Gasteiger partial charge in [-0.05, 0) is 35.0 Å². The smallest absolute Gasteiger partial charge is 0.0960 e. The zero-order valence-corrected chi connectivity index (χ0v) is 12.0. The minimum absolute atomic E-state index is 0.251. The van der Waals surface area contributed by atoms with Crippen LogP contribution < -0.4 is 0 Å². The number of aromatic nitrogens is 3. The molecule has 3 nitrogen and oxygen atoms in total. The summed E-state index contributed by atoms with van der Waals surface area (Å²) >= 11 is 8.62. The van der Waals surface area contributed by atoms with Gasteiger partial charge in [0.2, 0.25) is 0 Å². The molecule has 0 aliphatic rings. The van der Waals surface area contributed by atoms with Crippen LogP contribution in [0.3, 0.4) is 0 Å². The van der Waals surface area contributed by atoms with E-state index in [4.69, 9.17) is 0 Å². The van der Waals surface area contributed by atoms with E-state index < -0.39 is 0 Å². The summed E-state index contributed by atoms with van der Waals surface area (Å²) in [4.78, 5) is 1.52. The van der Waals surface area contributed by atoms with Crippen LogP contribution in [0.25, 0.3) is 0 Å². The fraction of sp³-hybridized carbons (Fsp3) is 0.333. The molecule has 0 saturated heterocycles. The lowest BCUT2D eigenvalue weighted by Crippen LogP contribution is -1.98. The van der Waals surface area contributed by atoms with E-state index in [1.807, 2.05) is 23.9 Å². The van der Waals surface area contributed by atoms with Crippen molar-refractivity contribution in [3.63, 3.8) is 0 Å². The van der Waals surface area contributed by atoms with E-state index in [0.717, 1.165) is 16.0 Å². The van der Waals surface area contributed by atoms with E-state index in [1.54, 1.807) is 11.3 Å². The van der Waals surface area contributed by atoms with Crippen LogP contribution in [0.2, 0.25) is 0 Å². The van der Waals surface area contributed by atoms with Crippen molar-refractivity contribution in [2.45, 2.75) is 18.3 Å². The minimum atomic E-state index is 0.251. The molecule has 0 aromatic carbocycles. The third-order valence-corrected chi connectivity index (χ3v) is 3.99. The lowest BCUT2D eigenvalue weighted by atomic mass is 10.4. The Morgan fingerprint density at radius 2 is 2.33 bits per heavy atom. The van der Waals surface area contributed by atoms with Gasteiger partial charge >= 0.3 is 0 Å². The van der Waals surface area contributed by atoms with Crippen LogP contribution in [0.1, 0.15) is 22.3 Å². The Kier molecular flexibility index (Phi) is 3.58. The molecule has 1 unspecified atom stereocenters. The second-order valence-corrected chi connectivity index (χ2v) is 7.08. The molecule has 0 amide bonds. The summed E-state index contributed by atoms with van der Waals surface area (Å²) in [7, 11) is 0. The van der Waals surface area contributed by atoms with Gasteiger partial charge in [0.15, 0.2) is 0 Å². The van der Waals surface area contributed by atoms with Crippen LogP contribution in [0.5, 0.6) is 0 Å². The predicted molar refractivity (Wildman–Crippen MR) is 68.5 cm³/mol. The topological polar surface area (TPSA) is 30.7 Å². The van der Waals surface area contributed by atoms with E-state index in [0.29, 0.717) is 0 Å². The van der Waals surface area contributed by atoms with Crippen molar-refractivity contribution in [3.8, 4) is 0 Å².